The molecule has 1 saturated heterocycles. The Morgan fingerprint density at radius 2 is 2.38 bits per heavy atom. The molecular weight excluding hydrogens is 286 g/mol. The molecule has 1 atom stereocenters. The molecule has 0 N–H and O–H groups in total. The van der Waals surface area contributed by atoms with E-state index in [0.29, 0.717) is 13.1 Å². The predicted molar refractivity (Wildman–Crippen MR) is 85.3 cm³/mol. The molecule has 1 aromatic rings. The van der Waals surface area contributed by atoms with Gasteiger partial charge in [0, 0.05) is 37.7 Å². The van der Waals surface area contributed by atoms with E-state index < -0.39 is 0 Å². The number of rotatable bonds is 7. The molecule has 1 aromatic heterocycles. The van der Waals surface area contributed by atoms with Crippen LogP contribution in [0.4, 0.5) is 0 Å². The Morgan fingerprint density at radius 3 is 3.00 bits per heavy atom. The lowest BCUT2D eigenvalue weighted by Crippen LogP contribution is -2.40. The van der Waals surface area contributed by atoms with E-state index in [4.69, 9.17) is 4.74 Å². The first-order valence-corrected chi connectivity index (χ1v) is 8.21. The van der Waals surface area contributed by atoms with Crippen LogP contribution in [0.15, 0.2) is 17.0 Å². The molecule has 0 unspecified atom stereocenters. The minimum Gasteiger partial charge on any atom is -0.376 e. The second-order valence-corrected chi connectivity index (χ2v) is 6.19. The molecule has 1 aliphatic rings. The van der Waals surface area contributed by atoms with Crippen LogP contribution in [0.5, 0.6) is 0 Å². The minimum atomic E-state index is 0.0281. The molecule has 1 aliphatic heterocycles. The van der Waals surface area contributed by atoms with E-state index in [1.807, 2.05) is 24.4 Å². The average molecular weight is 309 g/mol. The van der Waals surface area contributed by atoms with Crippen LogP contribution in [-0.4, -0.2) is 67.1 Å². The van der Waals surface area contributed by atoms with E-state index in [-0.39, 0.29) is 12.0 Å². The van der Waals surface area contributed by atoms with Gasteiger partial charge in [-0.3, -0.25) is 4.79 Å². The molecule has 116 valence electrons. The minimum absolute atomic E-state index is 0.0281. The van der Waals surface area contributed by atoms with Gasteiger partial charge in [-0.25, -0.2) is 4.98 Å². The van der Waals surface area contributed by atoms with Gasteiger partial charge in [0.25, 0.3) is 0 Å². The average Bonchev–Trinajstić information content (AvgIpc) is 3.13. The fraction of sp³-hybridized carbons (Fsp3) is 0.600. The zero-order valence-corrected chi connectivity index (χ0v) is 13.5. The Hall–Kier alpha value is -1.24. The van der Waals surface area contributed by atoms with Crippen LogP contribution in [0.25, 0.3) is 6.08 Å². The number of hydrogen-bond donors (Lipinski definition) is 0. The second kappa shape index (κ2) is 8.26. The highest BCUT2D eigenvalue weighted by Crippen LogP contribution is 2.14. The first-order valence-electron chi connectivity index (χ1n) is 7.26. The van der Waals surface area contributed by atoms with Gasteiger partial charge in [0.1, 0.15) is 0 Å². The molecule has 1 amide bonds. The highest BCUT2D eigenvalue weighted by Gasteiger charge is 2.21. The third-order valence-corrected chi connectivity index (χ3v) is 4.03. The number of nitrogens with zero attached hydrogens (tertiary/aromatic N) is 3. The summed E-state index contributed by atoms with van der Waals surface area (Å²) in [6.07, 6.45) is 5.71. The Labute approximate surface area is 130 Å². The Morgan fingerprint density at radius 1 is 1.52 bits per heavy atom. The van der Waals surface area contributed by atoms with Gasteiger partial charge in [-0.15, -0.1) is 11.3 Å². The van der Waals surface area contributed by atoms with Gasteiger partial charge >= 0.3 is 0 Å². The van der Waals surface area contributed by atoms with Crippen LogP contribution >= 0.6 is 11.3 Å². The van der Waals surface area contributed by atoms with E-state index in [1.165, 1.54) is 11.3 Å². The molecule has 5 nitrogen and oxygen atoms in total. The predicted octanol–water partition coefficient (Wildman–Crippen LogP) is 1.73. The number of carbonyl (C=O) groups is 1. The Kier molecular flexibility index (Phi) is 6.35. The third-order valence-electron chi connectivity index (χ3n) is 3.42. The number of amides is 1. The largest absolute Gasteiger partial charge is 0.376 e. The van der Waals surface area contributed by atoms with E-state index in [9.17, 15) is 4.79 Å². The fourth-order valence-corrected chi connectivity index (χ4v) is 2.73. The summed E-state index contributed by atoms with van der Waals surface area (Å²) in [6, 6.07) is 0. The number of likely N-dealkylation sites (N-methyl/N-ethyl adjacent to an activating group) is 1. The van der Waals surface area contributed by atoms with Crippen molar-refractivity contribution in [3.8, 4) is 0 Å². The molecule has 2 heterocycles. The standard InChI is InChI=1S/C15H23N3O2S/c1-17(2)7-8-18(10-14-4-3-9-20-14)15(19)6-5-13-11-21-12-16-13/h5-6,11-12,14H,3-4,7-10H2,1-2H3/b6-5-/t14-/m1/s1. The van der Waals surface area contributed by atoms with Gasteiger partial charge in [0.05, 0.1) is 17.3 Å². The van der Waals surface area contributed by atoms with Crippen molar-refractivity contribution in [2.24, 2.45) is 0 Å². The quantitative estimate of drug-likeness (QED) is 0.720. The van der Waals surface area contributed by atoms with E-state index in [2.05, 4.69) is 9.88 Å². The molecular formula is C15H23N3O2S. The zero-order chi connectivity index (χ0) is 15.1. The normalized spacial score (nSPS) is 18.7. The molecule has 0 radical (unpaired) electrons. The summed E-state index contributed by atoms with van der Waals surface area (Å²) >= 11 is 1.53. The molecule has 6 heteroatoms. The van der Waals surface area contributed by atoms with Crippen molar-refractivity contribution in [3.05, 3.63) is 22.7 Å². The first kappa shape index (κ1) is 16.1. The number of ether oxygens (including phenoxy) is 1. The van der Waals surface area contributed by atoms with Crippen LogP contribution in [0.3, 0.4) is 0 Å². The smallest absolute Gasteiger partial charge is 0.246 e. The van der Waals surface area contributed by atoms with Crippen molar-refractivity contribution in [1.29, 1.82) is 0 Å². The first-order chi connectivity index (χ1) is 10.1. The molecule has 0 spiro atoms. The SMILES string of the molecule is CN(C)CCN(C[C@H]1CCCO1)C(=O)/C=C\c1cscn1. The van der Waals surface area contributed by atoms with Gasteiger partial charge in [-0.05, 0) is 33.0 Å². The highest BCUT2D eigenvalue weighted by molar-refractivity contribution is 7.07. The molecule has 1 fully saturated rings. The summed E-state index contributed by atoms with van der Waals surface area (Å²) in [7, 11) is 4.03. The summed E-state index contributed by atoms with van der Waals surface area (Å²) in [5, 5.41) is 1.92. The van der Waals surface area contributed by atoms with Crippen molar-refractivity contribution in [2.75, 3.05) is 40.3 Å². The molecule has 0 aliphatic carbocycles. The fourth-order valence-electron chi connectivity index (χ4n) is 2.21. The maximum atomic E-state index is 12.4. The van der Waals surface area contributed by atoms with Gasteiger partial charge in [-0.1, -0.05) is 0 Å². The lowest BCUT2D eigenvalue weighted by atomic mass is 10.2. The topological polar surface area (TPSA) is 45.7 Å². The molecule has 0 aromatic carbocycles. The number of hydrogen-bond acceptors (Lipinski definition) is 5. The maximum Gasteiger partial charge on any atom is 0.246 e. The van der Waals surface area contributed by atoms with Crippen LogP contribution in [0.2, 0.25) is 0 Å². The zero-order valence-electron chi connectivity index (χ0n) is 12.7. The van der Waals surface area contributed by atoms with Crippen molar-refractivity contribution in [2.45, 2.75) is 18.9 Å². The van der Waals surface area contributed by atoms with Crippen molar-refractivity contribution in [3.63, 3.8) is 0 Å². The van der Waals surface area contributed by atoms with E-state index in [1.54, 1.807) is 17.7 Å². The van der Waals surface area contributed by atoms with E-state index >= 15 is 0 Å². The van der Waals surface area contributed by atoms with Crippen molar-refractivity contribution >= 4 is 23.3 Å². The van der Waals surface area contributed by atoms with Gasteiger partial charge in [0.15, 0.2) is 0 Å². The molecule has 0 bridgehead atoms. The van der Waals surface area contributed by atoms with E-state index in [0.717, 1.165) is 31.7 Å². The van der Waals surface area contributed by atoms with Gasteiger partial charge < -0.3 is 14.5 Å². The van der Waals surface area contributed by atoms with Crippen LogP contribution in [0.1, 0.15) is 18.5 Å². The number of carbonyl (C=O) groups excluding carboxylic acids is 1. The Bertz CT molecular complexity index is 453. The lowest BCUT2D eigenvalue weighted by molar-refractivity contribution is -0.127. The van der Waals surface area contributed by atoms with Gasteiger partial charge in [0.2, 0.25) is 5.91 Å². The Balaban J connectivity index is 1.93. The van der Waals surface area contributed by atoms with Crippen LogP contribution < -0.4 is 0 Å². The second-order valence-electron chi connectivity index (χ2n) is 5.47. The summed E-state index contributed by atoms with van der Waals surface area (Å²) in [4.78, 5) is 20.5. The lowest BCUT2D eigenvalue weighted by Gasteiger charge is -2.25. The molecule has 2 rings (SSSR count). The monoisotopic (exact) mass is 309 g/mol. The summed E-state index contributed by atoms with van der Waals surface area (Å²) in [5.74, 6) is 0.0281. The number of thiazole rings is 1. The van der Waals surface area contributed by atoms with Crippen LogP contribution in [0, 0.1) is 0 Å². The summed E-state index contributed by atoms with van der Waals surface area (Å²) < 4.78 is 5.65. The van der Waals surface area contributed by atoms with Crippen LogP contribution in [-0.2, 0) is 9.53 Å². The molecule has 21 heavy (non-hydrogen) atoms. The van der Waals surface area contributed by atoms with Gasteiger partial charge in [-0.2, -0.15) is 0 Å². The van der Waals surface area contributed by atoms with Crippen molar-refractivity contribution < 1.29 is 9.53 Å². The summed E-state index contributed by atoms with van der Waals surface area (Å²) in [6.45, 7) is 3.05. The highest BCUT2D eigenvalue weighted by atomic mass is 32.1. The summed E-state index contributed by atoms with van der Waals surface area (Å²) in [5.41, 5.74) is 2.60. The maximum absolute atomic E-state index is 12.4. The molecule has 0 saturated carbocycles. The number of aromatic nitrogens is 1. The van der Waals surface area contributed by atoms with Crippen molar-refractivity contribution in [1.82, 2.24) is 14.8 Å². The third kappa shape index (κ3) is 5.57.